The normalized spacial score (nSPS) is 18.2. The van der Waals surface area contributed by atoms with Crippen LogP contribution in [0.15, 0.2) is 24.3 Å². The molecule has 0 aromatic heterocycles. The summed E-state index contributed by atoms with van der Waals surface area (Å²) in [5, 5.41) is 5.84. The lowest BCUT2D eigenvalue weighted by Gasteiger charge is -2.18. The van der Waals surface area contributed by atoms with Gasteiger partial charge < -0.3 is 20.3 Å². The average molecular weight is 319 g/mol. The van der Waals surface area contributed by atoms with Gasteiger partial charge in [-0.15, -0.1) is 0 Å². The van der Waals surface area contributed by atoms with Crippen molar-refractivity contribution in [2.24, 2.45) is 11.8 Å². The average Bonchev–Trinajstić information content (AvgIpc) is 2.94. The molecule has 1 atom stereocenters. The van der Waals surface area contributed by atoms with E-state index in [4.69, 9.17) is 4.74 Å². The van der Waals surface area contributed by atoms with Crippen LogP contribution in [0, 0.1) is 11.8 Å². The van der Waals surface area contributed by atoms with Gasteiger partial charge in [0.15, 0.2) is 0 Å². The topological polar surface area (TPSA) is 53.6 Å². The van der Waals surface area contributed by atoms with Crippen LogP contribution in [0.4, 0.5) is 10.5 Å². The Labute approximate surface area is 139 Å². The second kappa shape index (κ2) is 8.77. The van der Waals surface area contributed by atoms with Crippen molar-refractivity contribution in [2.45, 2.75) is 27.2 Å². The lowest BCUT2D eigenvalue weighted by Crippen LogP contribution is -2.34. The van der Waals surface area contributed by atoms with E-state index in [0.29, 0.717) is 18.4 Å². The third kappa shape index (κ3) is 6.10. The van der Waals surface area contributed by atoms with E-state index in [0.717, 1.165) is 44.0 Å². The Kier molecular flexibility index (Phi) is 6.71. The van der Waals surface area contributed by atoms with Crippen molar-refractivity contribution >= 4 is 11.7 Å². The van der Waals surface area contributed by atoms with Crippen molar-refractivity contribution in [3.05, 3.63) is 24.3 Å². The number of likely N-dealkylation sites (tertiary alicyclic amines) is 1. The van der Waals surface area contributed by atoms with Gasteiger partial charge in [-0.2, -0.15) is 0 Å². The number of amides is 2. The summed E-state index contributed by atoms with van der Waals surface area (Å²) in [6.07, 6.45) is 1.16. The Morgan fingerprint density at radius 3 is 2.74 bits per heavy atom. The molecule has 23 heavy (non-hydrogen) atoms. The zero-order chi connectivity index (χ0) is 16.7. The summed E-state index contributed by atoms with van der Waals surface area (Å²) in [7, 11) is 0. The van der Waals surface area contributed by atoms with Crippen LogP contribution in [-0.2, 0) is 0 Å². The van der Waals surface area contributed by atoms with Gasteiger partial charge in [-0.1, -0.05) is 13.8 Å². The third-order valence-corrected chi connectivity index (χ3v) is 3.97. The molecule has 2 amide bonds. The van der Waals surface area contributed by atoms with Gasteiger partial charge in [0.1, 0.15) is 5.75 Å². The molecule has 1 aliphatic rings. The molecule has 2 rings (SSSR count). The first kappa shape index (κ1) is 17.6. The standard InChI is InChI=1S/C18H29N3O2/c1-4-23-17-7-5-16(6-8-17)20-18(22)19-11-15-9-10-21(13-15)12-14(2)3/h5-8,14-15H,4,9-13H2,1-3H3,(H2,19,20,22). The van der Waals surface area contributed by atoms with E-state index in [1.807, 2.05) is 31.2 Å². The molecule has 0 radical (unpaired) electrons. The number of hydrogen-bond acceptors (Lipinski definition) is 3. The van der Waals surface area contributed by atoms with Crippen LogP contribution >= 0.6 is 0 Å². The first-order valence-electron chi connectivity index (χ1n) is 8.57. The number of urea groups is 1. The van der Waals surface area contributed by atoms with Crippen LogP contribution in [-0.4, -0.2) is 43.7 Å². The fraction of sp³-hybridized carbons (Fsp3) is 0.611. The van der Waals surface area contributed by atoms with E-state index < -0.39 is 0 Å². The fourth-order valence-corrected chi connectivity index (χ4v) is 2.98. The molecule has 0 bridgehead atoms. The van der Waals surface area contributed by atoms with Gasteiger partial charge in [0, 0.05) is 25.3 Å². The Morgan fingerprint density at radius 2 is 2.09 bits per heavy atom. The highest BCUT2D eigenvalue weighted by atomic mass is 16.5. The van der Waals surface area contributed by atoms with Crippen LogP contribution < -0.4 is 15.4 Å². The number of nitrogens with zero attached hydrogens (tertiary/aromatic N) is 1. The Bertz CT molecular complexity index is 488. The molecule has 1 heterocycles. The number of ether oxygens (including phenoxy) is 1. The zero-order valence-corrected chi connectivity index (χ0v) is 14.5. The second-order valence-corrected chi connectivity index (χ2v) is 6.60. The maximum absolute atomic E-state index is 12.0. The quantitative estimate of drug-likeness (QED) is 0.811. The molecule has 1 unspecified atom stereocenters. The van der Waals surface area contributed by atoms with Crippen LogP contribution in [0.3, 0.4) is 0 Å². The van der Waals surface area contributed by atoms with Gasteiger partial charge in [-0.05, 0) is 56.0 Å². The van der Waals surface area contributed by atoms with Gasteiger partial charge >= 0.3 is 6.03 Å². The molecule has 1 saturated heterocycles. The van der Waals surface area contributed by atoms with E-state index in [2.05, 4.69) is 29.4 Å². The predicted octanol–water partition coefficient (Wildman–Crippen LogP) is 3.18. The molecule has 128 valence electrons. The molecular weight excluding hydrogens is 290 g/mol. The smallest absolute Gasteiger partial charge is 0.319 e. The van der Waals surface area contributed by atoms with E-state index in [-0.39, 0.29) is 6.03 Å². The number of nitrogens with one attached hydrogen (secondary N) is 2. The maximum Gasteiger partial charge on any atom is 0.319 e. The van der Waals surface area contributed by atoms with Gasteiger partial charge in [-0.3, -0.25) is 0 Å². The number of benzene rings is 1. The highest BCUT2D eigenvalue weighted by molar-refractivity contribution is 5.89. The largest absolute Gasteiger partial charge is 0.494 e. The minimum atomic E-state index is -0.142. The minimum absolute atomic E-state index is 0.142. The van der Waals surface area contributed by atoms with Crippen LogP contribution in [0.2, 0.25) is 0 Å². The molecule has 1 aromatic carbocycles. The summed E-state index contributed by atoms with van der Waals surface area (Å²) >= 11 is 0. The summed E-state index contributed by atoms with van der Waals surface area (Å²) in [6.45, 7) is 11.2. The lowest BCUT2D eigenvalue weighted by molar-refractivity contribution is 0.249. The molecular formula is C18H29N3O2. The van der Waals surface area contributed by atoms with Crippen LogP contribution in [0.1, 0.15) is 27.2 Å². The molecule has 2 N–H and O–H groups in total. The highest BCUT2D eigenvalue weighted by Gasteiger charge is 2.23. The van der Waals surface area contributed by atoms with E-state index in [1.54, 1.807) is 0 Å². The van der Waals surface area contributed by atoms with Crippen molar-refractivity contribution in [1.29, 1.82) is 0 Å². The molecule has 5 heteroatoms. The molecule has 1 aliphatic heterocycles. The van der Waals surface area contributed by atoms with Crippen molar-refractivity contribution in [2.75, 3.05) is 38.1 Å². The summed E-state index contributed by atoms with van der Waals surface area (Å²) in [6, 6.07) is 7.28. The van der Waals surface area contributed by atoms with E-state index >= 15 is 0 Å². The van der Waals surface area contributed by atoms with Gasteiger partial charge in [0.2, 0.25) is 0 Å². The van der Waals surface area contributed by atoms with Crippen LogP contribution in [0.5, 0.6) is 5.75 Å². The number of anilines is 1. The second-order valence-electron chi connectivity index (χ2n) is 6.60. The summed E-state index contributed by atoms with van der Waals surface area (Å²) in [5.41, 5.74) is 0.777. The van der Waals surface area contributed by atoms with Gasteiger partial charge in [-0.25, -0.2) is 4.79 Å². The first-order valence-corrected chi connectivity index (χ1v) is 8.57. The van der Waals surface area contributed by atoms with Crippen molar-refractivity contribution in [1.82, 2.24) is 10.2 Å². The Balaban J connectivity index is 1.69. The zero-order valence-electron chi connectivity index (χ0n) is 14.5. The number of hydrogen-bond donors (Lipinski definition) is 2. The first-order chi connectivity index (χ1) is 11.1. The summed E-state index contributed by atoms with van der Waals surface area (Å²) in [5.74, 6) is 2.07. The van der Waals surface area contributed by atoms with E-state index in [9.17, 15) is 4.79 Å². The number of carbonyl (C=O) groups is 1. The molecule has 5 nitrogen and oxygen atoms in total. The van der Waals surface area contributed by atoms with Gasteiger partial charge in [0.05, 0.1) is 6.61 Å². The van der Waals surface area contributed by atoms with Crippen molar-refractivity contribution in [3.8, 4) is 5.75 Å². The monoisotopic (exact) mass is 319 g/mol. The third-order valence-electron chi connectivity index (χ3n) is 3.97. The number of carbonyl (C=O) groups excluding carboxylic acids is 1. The molecule has 0 saturated carbocycles. The summed E-state index contributed by atoms with van der Waals surface area (Å²) in [4.78, 5) is 14.5. The van der Waals surface area contributed by atoms with Crippen molar-refractivity contribution in [3.63, 3.8) is 0 Å². The van der Waals surface area contributed by atoms with E-state index in [1.165, 1.54) is 0 Å². The van der Waals surface area contributed by atoms with Gasteiger partial charge in [0.25, 0.3) is 0 Å². The highest BCUT2D eigenvalue weighted by Crippen LogP contribution is 2.17. The minimum Gasteiger partial charge on any atom is -0.494 e. The fourth-order valence-electron chi connectivity index (χ4n) is 2.98. The Morgan fingerprint density at radius 1 is 1.35 bits per heavy atom. The molecule has 1 fully saturated rings. The number of rotatable bonds is 7. The molecule has 1 aromatic rings. The summed E-state index contributed by atoms with van der Waals surface area (Å²) < 4.78 is 5.39. The molecule has 0 spiro atoms. The molecule has 0 aliphatic carbocycles. The van der Waals surface area contributed by atoms with Crippen LogP contribution in [0.25, 0.3) is 0 Å². The maximum atomic E-state index is 12.0. The lowest BCUT2D eigenvalue weighted by atomic mass is 10.1. The van der Waals surface area contributed by atoms with Crippen molar-refractivity contribution < 1.29 is 9.53 Å². The Hall–Kier alpha value is -1.75. The SMILES string of the molecule is CCOc1ccc(NC(=O)NCC2CCN(CC(C)C)C2)cc1. The predicted molar refractivity (Wildman–Crippen MR) is 94.0 cm³/mol.